The number of halogens is 2. The number of thiazole rings is 1. The summed E-state index contributed by atoms with van der Waals surface area (Å²) in [6.07, 6.45) is 0. The van der Waals surface area contributed by atoms with Gasteiger partial charge in [0.05, 0.1) is 30.0 Å². The SMILES string of the molecule is COc1cc(OC)c2sc(-c3c(F)cccc3F)nc2c1. The summed E-state index contributed by atoms with van der Waals surface area (Å²) in [5.41, 5.74) is 0.452. The molecule has 0 fully saturated rings. The molecule has 21 heavy (non-hydrogen) atoms. The fourth-order valence-corrected chi connectivity index (χ4v) is 3.14. The van der Waals surface area contributed by atoms with E-state index in [9.17, 15) is 8.78 Å². The molecule has 1 heterocycles. The third-order valence-electron chi connectivity index (χ3n) is 3.06. The second kappa shape index (κ2) is 5.29. The van der Waals surface area contributed by atoms with Crippen molar-refractivity contribution in [2.45, 2.75) is 0 Å². The average Bonchev–Trinajstić information content (AvgIpc) is 2.89. The molecule has 0 N–H and O–H groups in total. The molecule has 0 amide bonds. The monoisotopic (exact) mass is 307 g/mol. The summed E-state index contributed by atoms with van der Waals surface area (Å²) >= 11 is 1.18. The zero-order chi connectivity index (χ0) is 15.0. The maximum Gasteiger partial charge on any atom is 0.142 e. The summed E-state index contributed by atoms with van der Waals surface area (Å²) in [7, 11) is 3.06. The number of aromatic nitrogens is 1. The number of benzene rings is 2. The van der Waals surface area contributed by atoms with Crippen molar-refractivity contribution in [3.8, 4) is 22.1 Å². The smallest absolute Gasteiger partial charge is 0.142 e. The lowest BCUT2D eigenvalue weighted by atomic mass is 10.2. The van der Waals surface area contributed by atoms with Gasteiger partial charge in [0.1, 0.15) is 28.1 Å². The van der Waals surface area contributed by atoms with Crippen molar-refractivity contribution in [2.24, 2.45) is 0 Å². The van der Waals surface area contributed by atoms with E-state index in [2.05, 4.69) is 4.98 Å². The number of rotatable bonds is 3. The molecular weight excluding hydrogens is 296 g/mol. The van der Waals surface area contributed by atoms with Gasteiger partial charge < -0.3 is 9.47 Å². The normalized spacial score (nSPS) is 10.9. The van der Waals surface area contributed by atoms with Crippen LogP contribution in [0.15, 0.2) is 30.3 Å². The molecule has 0 saturated heterocycles. The van der Waals surface area contributed by atoms with Gasteiger partial charge in [-0.1, -0.05) is 6.07 Å². The van der Waals surface area contributed by atoms with Crippen LogP contribution in [-0.2, 0) is 0 Å². The Morgan fingerprint density at radius 1 is 1.05 bits per heavy atom. The van der Waals surface area contributed by atoms with Crippen molar-refractivity contribution in [1.29, 1.82) is 0 Å². The Labute approximate surface area is 123 Å². The first kappa shape index (κ1) is 13.8. The van der Waals surface area contributed by atoms with Crippen molar-refractivity contribution in [3.05, 3.63) is 42.0 Å². The minimum Gasteiger partial charge on any atom is -0.497 e. The third-order valence-corrected chi connectivity index (χ3v) is 4.16. The van der Waals surface area contributed by atoms with Crippen molar-refractivity contribution in [3.63, 3.8) is 0 Å². The lowest BCUT2D eigenvalue weighted by Crippen LogP contribution is -1.88. The molecule has 108 valence electrons. The molecule has 0 unspecified atom stereocenters. The lowest BCUT2D eigenvalue weighted by Gasteiger charge is -2.03. The Morgan fingerprint density at radius 3 is 2.38 bits per heavy atom. The maximum atomic E-state index is 13.9. The van der Waals surface area contributed by atoms with E-state index in [0.717, 1.165) is 4.70 Å². The second-order valence-corrected chi connectivity index (χ2v) is 5.29. The first-order valence-electron chi connectivity index (χ1n) is 6.11. The minimum atomic E-state index is -0.639. The first-order valence-corrected chi connectivity index (χ1v) is 6.92. The molecule has 0 saturated carbocycles. The number of hydrogen-bond donors (Lipinski definition) is 0. The highest BCUT2D eigenvalue weighted by atomic mass is 32.1. The van der Waals surface area contributed by atoms with E-state index >= 15 is 0 Å². The summed E-state index contributed by atoms with van der Waals surface area (Å²) in [6, 6.07) is 7.16. The number of fused-ring (bicyclic) bond motifs is 1. The quantitative estimate of drug-likeness (QED) is 0.724. The van der Waals surface area contributed by atoms with Crippen LogP contribution in [0.4, 0.5) is 8.78 Å². The highest BCUT2D eigenvalue weighted by Crippen LogP contribution is 2.39. The number of nitrogens with zero attached hydrogens (tertiary/aromatic N) is 1. The molecule has 1 aromatic heterocycles. The summed E-state index contributed by atoms with van der Waals surface area (Å²) in [6.45, 7) is 0. The Hall–Kier alpha value is -2.21. The standard InChI is InChI=1S/C15H11F2NO2S/c1-19-8-6-11-14(12(7-8)20-2)21-15(18-11)13-9(16)4-3-5-10(13)17/h3-7H,1-2H3. The highest BCUT2D eigenvalue weighted by molar-refractivity contribution is 7.22. The van der Waals surface area contributed by atoms with Crippen LogP contribution in [0, 0.1) is 11.6 Å². The minimum absolute atomic E-state index is 0.125. The molecular formula is C15H11F2NO2S. The van der Waals surface area contributed by atoms with Crippen molar-refractivity contribution in [1.82, 2.24) is 4.98 Å². The van der Waals surface area contributed by atoms with Crippen molar-refractivity contribution in [2.75, 3.05) is 14.2 Å². The van der Waals surface area contributed by atoms with Gasteiger partial charge in [0, 0.05) is 12.1 Å². The van der Waals surface area contributed by atoms with E-state index in [-0.39, 0.29) is 10.6 Å². The Balaban J connectivity index is 2.26. The van der Waals surface area contributed by atoms with Crippen LogP contribution in [-0.4, -0.2) is 19.2 Å². The second-order valence-electron chi connectivity index (χ2n) is 4.29. The summed E-state index contributed by atoms with van der Waals surface area (Å²) in [5.74, 6) is -0.143. The molecule has 3 rings (SSSR count). The van der Waals surface area contributed by atoms with Crippen LogP contribution in [0.1, 0.15) is 0 Å². The Morgan fingerprint density at radius 2 is 1.76 bits per heavy atom. The molecule has 0 bridgehead atoms. The van der Waals surface area contributed by atoms with Crippen molar-refractivity contribution < 1.29 is 18.3 Å². The van der Waals surface area contributed by atoms with Crippen LogP contribution < -0.4 is 9.47 Å². The van der Waals surface area contributed by atoms with Gasteiger partial charge in [0.25, 0.3) is 0 Å². The molecule has 0 aliphatic heterocycles. The number of hydrogen-bond acceptors (Lipinski definition) is 4. The largest absolute Gasteiger partial charge is 0.497 e. The van der Waals surface area contributed by atoms with Gasteiger partial charge in [-0.15, -0.1) is 11.3 Å². The van der Waals surface area contributed by atoms with E-state index < -0.39 is 11.6 Å². The zero-order valence-electron chi connectivity index (χ0n) is 11.3. The Bertz CT molecular complexity index is 797. The topological polar surface area (TPSA) is 31.4 Å². The van der Waals surface area contributed by atoms with Crippen LogP contribution in [0.3, 0.4) is 0 Å². The summed E-state index contributed by atoms with van der Waals surface area (Å²) < 4.78 is 38.9. The molecule has 0 radical (unpaired) electrons. The molecule has 0 aliphatic carbocycles. The lowest BCUT2D eigenvalue weighted by molar-refractivity contribution is 0.398. The Kier molecular flexibility index (Phi) is 3.47. The van der Waals surface area contributed by atoms with Crippen LogP contribution >= 0.6 is 11.3 Å². The van der Waals surface area contributed by atoms with Crippen LogP contribution in [0.2, 0.25) is 0 Å². The van der Waals surface area contributed by atoms with Gasteiger partial charge >= 0.3 is 0 Å². The molecule has 3 aromatic rings. The fraction of sp³-hybridized carbons (Fsp3) is 0.133. The summed E-state index contributed by atoms with van der Waals surface area (Å²) in [4.78, 5) is 4.30. The van der Waals surface area contributed by atoms with E-state index in [4.69, 9.17) is 9.47 Å². The van der Waals surface area contributed by atoms with Gasteiger partial charge in [-0.2, -0.15) is 0 Å². The van der Waals surface area contributed by atoms with Crippen LogP contribution in [0.25, 0.3) is 20.8 Å². The predicted octanol–water partition coefficient (Wildman–Crippen LogP) is 4.26. The maximum absolute atomic E-state index is 13.9. The van der Waals surface area contributed by atoms with Gasteiger partial charge in [0.2, 0.25) is 0 Å². The molecule has 0 spiro atoms. The van der Waals surface area contributed by atoms with Gasteiger partial charge in [-0.05, 0) is 12.1 Å². The first-order chi connectivity index (χ1) is 10.1. The fourth-order valence-electron chi connectivity index (χ4n) is 2.06. The molecule has 6 heteroatoms. The van der Waals surface area contributed by atoms with Crippen LogP contribution in [0.5, 0.6) is 11.5 Å². The van der Waals surface area contributed by atoms with E-state index in [1.165, 1.54) is 43.8 Å². The molecule has 0 atom stereocenters. The molecule has 0 aliphatic rings. The van der Waals surface area contributed by atoms with Gasteiger partial charge in [0.15, 0.2) is 0 Å². The van der Waals surface area contributed by atoms with E-state index in [1.54, 1.807) is 12.1 Å². The predicted molar refractivity (Wildman–Crippen MR) is 78.1 cm³/mol. The molecule has 2 aromatic carbocycles. The third kappa shape index (κ3) is 2.31. The van der Waals surface area contributed by atoms with E-state index in [0.29, 0.717) is 17.0 Å². The van der Waals surface area contributed by atoms with Gasteiger partial charge in [-0.3, -0.25) is 0 Å². The highest BCUT2D eigenvalue weighted by Gasteiger charge is 2.18. The average molecular weight is 307 g/mol. The number of methoxy groups -OCH3 is 2. The van der Waals surface area contributed by atoms with Gasteiger partial charge in [-0.25, -0.2) is 13.8 Å². The number of ether oxygens (including phenoxy) is 2. The van der Waals surface area contributed by atoms with Crippen molar-refractivity contribution >= 4 is 21.6 Å². The zero-order valence-corrected chi connectivity index (χ0v) is 12.1. The van der Waals surface area contributed by atoms with E-state index in [1.807, 2.05) is 0 Å². The molecule has 3 nitrogen and oxygen atoms in total. The summed E-state index contributed by atoms with van der Waals surface area (Å²) in [5, 5.41) is 0.271.